The van der Waals surface area contributed by atoms with Crippen LogP contribution in [0.3, 0.4) is 0 Å². The Morgan fingerprint density at radius 2 is 1.96 bits per heavy atom. The molecule has 1 fully saturated rings. The number of amides is 1. The van der Waals surface area contributed by atoms with Crippen molar-refractivity contribution in [1.82, 2.24) is 15.1 Å². The van der Waals surface area contributed by atoms with Gasteiger partial charge in [-0.15, -0.1) is 0 Å². The first-order valence-corrected chi connectivity index (χ1v) is 7.41. The SMILES string of the molecule is Cc1cc(C2CCCN(C(=O)c3cc(F)c(F)cc3F)C2)n[nH]1. The fourth-order valence-electron chi connectivity index (χ4n) is 2.91. The first kappa shape index (κ1) is 15.6. The molecule has 0 aliphatic carbocycles. The molecule has 0 bridgehead atoms. The van der Waals surface area contributed by atoms with Gasteiger partial charge in [0.05, 0.1) is 11.3 Å². The van der Waals surface area contributed by atoms with Gasteiger partial charge in [0.25, 0.3) is 5.91 Å². The molecule has 0 saturated carbocycles. The predicted molar refractivity (Wildman–Crippen MR) is 77.5 cm³/mol. The summed E-state index contributed by atoms with van der Waals surface area (Å²) in [7, 11) is 0. The number of hydrogen-bond donors (Lipinski definition) is 1. The van der Waals surface area contributed by atoms with Crippen molar-refractivity contribution in [1.29, 1.82) is 0 Å². The van der Waals surface area contributed by atoms with E-state index in [4.69, 9.17) is 0 Å². The van der Waals surface area contributed by atoms with Gasteiger partial charge in [0.1, 0.15) is 5.82 Å². The van der Waals surface area contributed by atoms with Crippen molar-refractivity contribution >= 4 is 5.91 Å². The van der Waals surface area contributed by atoms with Gasteiger partial charge >= 0.3 is 0 Å². The van der Waals surface area contributed by atoms with Crippen LogP contribution in [0.15, 0.2) is 18.2 Å². The van der Waals surface area contributed by atoms with Gasteiger partial charge in [-0.25, -0.2) is 13.2 Å². The van der Waals surface area contributed by atoms with Gasteiger partial charge in [-0.2, -0.15) is 5.10 Å². The summed E-state index contributed by atoms with van der Waals surface area (Å²) in [5.74, 6) is -4.16. The Bertz CT molecular complexity index is 744. The lowest BCUT2D eigenvalue weighted by molar-refractivity contribution is 0.0700. The van der Waals surface area contributed by atoms with E-state index in [1.54, 1.807) is 0 Å². The number of nitrogens with one attached hydrogen (secondary N) is 1. The molecule has 2 aromatic rings. The van der Waals surface area contributed by atoms with Gasteiger partial charge in [-0.05, 0) is 31.9 Å². The maximum Gasteiger partial charge on any atom is 0.256 e. The molecular weight excluding hydrogens is 307 g/mol. The third-order valence-corrected chi connectivity index (χ3v) is 4.09. The normalized spacial score (nSPS) is 18.3. The molecule has 23 heavy (non-hydrogen) atoms. The summed E-state index contributed by atoms with van der Waals surface area (Å²) >= 11 is 0. The molecule has 122 valence electrons. The number of piperidine rings is 1. The summed E-state index contributed by atoms with van der Waals surface area (Å²) in [5.41, 5.74) is 1.34. The third kappa shape index (κ3) is 3.09. The molecular formula is C16H16F3N3O. The number of nitrogens with zero attached hydrogens (tertiary/aromatic N) is 2. The lowest BCUT2D eigenvalue weighted by Crippen LogP contribution is -2.39. The lowest BCUT2D eigenvalue weighted by Gasteiger charge is -2.32. The van der Waals surface area contributed by atoms with Crippen molar-refractivity contribution in [2.75, 3.05) is 13.1 Å². The van der Waals surface area contributed by atoms with E-state index in [0.717, 1.165) is 24.2 Å². The van der Waals surface area contributed by atoms with Crippen molar-refractivity contribution in [3.05, 3.63) is 52.6 Å². The number of aromatic nitrogens is 2. The molecule has 1 aliphatic heterocycles. The number of rotatable bonds is 2. The standard InChI is InChI=1S/C16H16F3N3O/c1-9-5-15(21-20-9)10-3-2-4-22(8-10)16(23)11-6-13(18)14(19)7-12(11)17/h5-7,10H,2-4,8H2,1H3,(H,20,21). The third-order valence-electron chi connectivity index (χ3n) is 4.09. The Morgan fingerprint density at radius 1 is 1.22 bits per heavy atom. The van der Waals surface area contributed by atoms with E-state index in [-0.39, 0.29) is 5.92 Å². The second-order valence-corrected chi connectivity index (χ2v) is 5.81. The topological polar surface area (TPSA) is 49.0 Å². The van der Waals surface area contributed by atoms with E-state index in [9.17, 15) is 18.0 Å². The van der Waals surface area contributed by atoms with Gasteiger partial charge < -0.3 is 4.90 Å². The number of carbonyl (C=O) groups excluding carboxylic acids is 1. The molecule has 2 heterocycles. The van der Waals surface area contributed by atoms with Crippen LogP contribution in [0.5, 0.6) is 0 Å². The zero-order chi connectivity index (χ0) is 16.6. The van der Waals surface area contributed by atoms with E-state index >= 15 is 0 Å². The molecule has 7 heteroatoms. The van der Waals surface area contributed by atoms with Gasteiger partial charge in [0, 0.05) is 30.8 Å². The van der Waals surface area contributed by atoms with Crippen LogP contribution in [0.25, 0.3) is 0 Å². The van der Waals surface area contributed by atoms with Gasteiger partial charge in [-0.1, -0.05) is 0 Å². The van der Waals surface area contributed by atoms with Gasteiger partial charge in [0.2, 0.25) is 0 Å². The van der Waals surface area contributed by atoms with E-state index in [1.165, 1.54) is 4.90 Å². The summed E-state index contributed by atoms with van der Waals surface area (Å²) in [6.45, 7) is 2.72. The zero-order valence-electron chi connectivity index (χ0n) is 12.6. The van der Waals surface area contributed by atoms with Crippen LogP contribution < -0.4 is 0 Å². The highest BCUT2D eigenvalue weighted by Gasteiger charge is 2.28. The van der Waals surface area contributed by atoms with Crippen molar-refractivity contribution in [3.63, 3.8) is 0 Å². The highest BCUT2D eigenvalue weighted by molar-refractivity contribution is 5.94. The molecule has 0 spiro atoms. The summed E-state index contributed by atoms with van der Waals surface area (Å²) in [4.78, 5) is 13.9. The minimum Gasteiger partial charge on any atom is -0.338 e. The monoisotopic (exact) mass is 323 g/mol. The van der Waals surface area contributed by atoms with E-state index < -0.39 is 28.9 Å². The molecule has 4 nitrogen and oxygen atoms in total. The molecule has 1 unspecified atom stereocenters. The first-order valence-electron chi connectivity index (χ1n) is 7.41. The second kappa shape index (κ2) is 6.06. The number of halogens is 3. The minimum atomic E-state index is -1.30. The fraction of sp³-hybridized carbons (Fsp3) is 0.375. The zero-order valence-corrected chi connectivity index (χ0v) is 12.6. The predicted octanol–water partition coefficient (Wildman–Crippen LogP) is 3.16. The highest BCUT2D eigenvalue weighted by atomic mass is 19.2. The van der Waals surface area contributed by atoms with Crippen molar-refractivity contribution in [3.8, 4) is 0 Å². The molecule has 3 rings (SSSR count). The minimum absolute atomic E-state index is 0.0472. The first-order chi connectivity index (χ1) is 11.0. The lowest BCUT2D eigenvalue weighted by atomic mass is 9.94. The number of likely N-dealkylation sites (tertiary alicyclic amines) is 1. The molecule has 1 N–H and O–H groups in total. The Labute approximate surface area is 131 Å². The number of aryl methyl sites for hydroxylation is 1. The Kier molecular flexibility index (Phi) is 4.11. The van der Waals surface area contributed by atoms with E-state index in [2.05, 4.69) is 10.2 Å². The van der Waals surface area contributed by atoms with Crippen LogP contribution in [0, 0.1) is 24.4 Å². The number of H-pyrrole nitrogens is 1. The van der Waals surface area contributed by atoms with Crippen LogP contribution in [0.4, 0.5) is 13.2 Å². The van der Waals surface area contributed by atoms with Crippen LogP contribution in [0.2, 0.25) is 0 Å². The average molecular weight is 323 g/mol. The Morgan fingerprint density at radius 3 is 2.65 bits per heavy atom. The largest absolute Gasteiger partial charge is 0.338 e. The van der Waals surface area contributed by atoms with Crippen LogP contribution in [-0.2, 0) is 0 Å². The van der Waals surface area contributed by atoms with E-state index in [1.807, 2.05) is 13.0 Å². The number of hydrogen-bond acceptors (Lipinski definition) is 2. The average Bonchev–Trinajstić information content (AvgIpc) is 2.97. The van der Waals surface area contributed by atoms with Crippen LogP contribution in [0.1, 0.15) is 40.5 Å². The van der Waals surface area contributed by atoms with E-state index in [0.29, 0.717) is 25.2 Å². The molecule has 1 aliphatic rings. The maximum absolute atomic E-state index is 13.8. The number of carbonyl (C=O) groups is 1. The van der Waals surface area contributed by atoms with Gasteiger partial charge in [0.15, 0.2) is 11.6 Å². The fourth-order valence-corrected chi connectivity index (χ4v) is 2.91. The number of aromatic amines is 1. The highest BCUT2D eigenvalue weighted by Crippen LogP contribution is 2.27. The molecule has 0 radical (unpaired) electrons. The van der Waals surface area contributed by atoms with Crippen LogP contribution >= 0.6 is 0 Å². The van der Waals surface area contributed by atoms with Crippen molar-refractivity contribution < 1.29 is 18.0 Å². The Balaban J connectivity index is 1.81. The Hall–Kier alpha value is -2.31. The quantitative estimate of drug-likeness (QED) is 0.863. The molecule has 1 amide bonds. The molecule has 1 aromatic carbocycles. The maximum atomic E-state index is 13.8. The summed E-state index contributed by atoms with van der Waals surface area (Å²) in [6.07, 6.45) is 1.61. The van der Waals surface area contributed by atoms with Crippen LogP contribution in [-0.4, -0.2) is 34.1 Å². The van der Waals surface area contributed by atoms with Crippen molar-refractivity contribution in [2.24, 2.45) is 0 Å². The second-order valence-electron chi connectivity index (χ2n) is 5.81. The van der Waals surface area contributed by atoms with Crippen molar-refractivity contribution in [2.45, 2.75) is 25.7 Å². The molecule has 1 saturated heterocycles. The summed E-state index contributed by atoms with van der Waals surface area (Å²) in [5, 5.41) is 7.06. The van der Waals surface area contributed by atoms with Gasteiger partial charge in [-0.3, -0.25) is 9.89 Å². The smallest absolute Gasteiger partial charge is 0.256 e. The molecule has 1 atom stereocenters. The summed E-state index contributed by atoms with van der Waals surface area (Å²) in [6, 6.07) is 2.94. The summed E-state index contributed by atoms with van der Waals surface area (Å²) < 4.78 is 40.1. The molecule has 1 aromatic heterocycles. The number of benzene rings is 1.